The number of carbonyl (C=O) groups excluding carboxylic acids is 1. The van der Waals surface area contributed by atoms with E-state index >= 15 is 0 Å². The molecular formula is C17H29N3O3S. The van der Waals surface area contributed by atoms with E-state index in [-0.39, 0.29) is 18.3 Å². The van der Waals surface area contributed by atoms with Crippen LogP contribution >= 0.6 is 0 Å². The first-order chi connectivity index (χ1) is 11.4. The molecule has 2 amide bonds. The second kappa shape index (κ2) is 10.3. The Morgan fingerprint density at radius 2 is 1.62 bits per heavy atom. The van der Waals surface area contributed by atoms with Crippen molar-refractivity contribution in [3.8, 4) is 0 Å². The third kappa shape index (κ3) is 6.49. The van der Waals surface area contributed by atoms with Gasteiger partial charge in [0.1, 0.15) is 0 Å². The Kier molecular flexibility index (Phi) is 8.78. The van der Waals surface area contributed by atoms with Gasteiger partial charge in [-0.2, -0.15) is 0 Å². The number of sulfone groups is 1. The van der Waals surface area contributed by atoms with E-state index < -0.39 is 9.84 Å². The van der Waals surface area contributed by atoms with E-state index in [9.17, 15) is 13.2 Å². The number of urea groups is 1. The Bertz CT molecular complexity index is 586. The maximum atomic E-state index is 12.3. The van der Waals surface area contributed by atoms with Crippen molar-refractivity contribution >= 4 is 15.9 Å². The monoisotopic (exact) mass is 355 g/mol. The first-order valence-corrected chi connectivity index (χ1v) is 10.1. The summed E-state index contributed by atoms with van der Waals surface area (Å²) in [5, 5.41) is 2.86. The van der Waals surface area contributed by atoms with Crippen LogP contribution in [-0.4, -0.2) is 69.3 Å². The number of hydrogen-bond acceptors (Lipinski definition) is 4. The predicted octanol–water partition coefficient (Wildman–Crippen LogP) is 1.83. The van der Waals surface area contributed by atoms with Crippen molar-refractivity contribution in [3.63, 3.8) is 0 Å². The number of benzene rings is 1. The van der Waals surface area contributed by atoms with E-state index in [1.807, 2.05) is 6.92 Å². The summed E-state index contributed by atoms with van der Waals surface area (Å²) in [4.78, 5) is 16.2. The van der Waals surface area contributed by atoms with E-state index in [1.54, 1.807) is 30.3 Å². The molecule has 0 unspecified atom stereocenters. The highest BCUT2D eigenvalue weighted by Gasteiger charge is 2.18. The van der Waals surface area contributed by atoms with Crippen LogP contribution in [0, 0.1) is 0 Å². The standard InChI is InChI=1S/C17H29N3O3S/c1-4-19(5-2)13-12-18-17(21)20(6-3)14-15-24(22,23)16-10-8-7-9-11-16/h7-11H,4-6,12-15H2,1-3H3,(H,18,21). The fourth-order valence-electron chi connectivity index (χ4n) is 2.35. The van der Waals surface area contributed by atoms with Gasteiger partial charge in [-0.15, -0.1) is 0 Å². The van der Waals surface area contributed by atoms with Crippen molar-refractivity contribution in [3.05, 3.63) is 30.3 Å². The molecule has 0 spiro atoms. The summed E-state index contributed by atoms with van der Waals surface area (Å²) in [5.41, 5.74) is 0. The molecule has 6 nitrogen and oxygen atoms in total. The fraction of sp³-hybridized carbons (Fsp3) is 0.588. The third-order valence-corrected chi connectivity index (χ3v) is 5.71. The van der Waals surface area contributed by atoms with Gasteiger partial charge in [0, 0.05) is 26.2 Å². The van der Waals surface area contributed by atoms with Crippen LogP contribution in [0.25, 0.3) is 0 Å². The number of amides is 2. The summed E-state index contributed by atoms with van der Waals surface area (Å²) in [6.07, 6.45) is 0. The molecule has 0 saturated carbocycles. The topological polar surface area (TPSA) is 69.7 Å². The predicted molar refractivity (Wildman–Crippen MR) is 96.9 cm³/mol. The maximum absolute atomic E-state index is 12.3. The lowest BCUT2D eigenvalue weighted by atomic mass is 10.4. The van der Waals surface area contributed by atoms with Crippen LogP contribution < -0.4 is 5.32 Å². The lowest BCUT2D eigenvalue weighted by molar-refractivity contribution is 0.201. The molecule has 0 aliphatic carbocycles. The molecule has 1 rings (SSSR count). The summed E-state index contributed by atoms with van der Waals surface area (Å²) in [6.45, 7) is 9.90. The SMILES string of the molecule is CCN(CC)CCNC(=O)N(CC)CCS(=O)(=O)c1ccccc1. The summed E-state index contributed by atoms with van der Waals surface area (Å²) in [7, 11) is -3.37. The zero-order chi connectivity index (χ0) is 18.0. The quantitative estimate of drug-likeness (QED) is 0.695. The van der Waals surface area contributed by atoms with Gasteiger partial charge in [-0.05, 0) is 32.1 Å². The molecule has 1 aromatic rings. The van der Waals surface area contributed by atoms with Crippen LogP contribution in [0.5, 0.6) is 0 Å². The summed E-state index contributed by atoms with van der Waals surface area (Å²) in [5.74, 6) is -0.0751. The van der Waals surface area contributed by atoms with E-state index in [0.29, 0.717) is 18.0 Å². The van der Waals surface area contributed by atoms with Crippen molar-refractivity contribution in [1.82, 2.24) is 15.1 Å². The second-order valence-corrected chi connectivity index (χ2v) is 7.58. The van der Waals surface area contributed by atoms with Gasteiger partial charge in [0.2, 0.25) is 0 Å². The number of carbonyl (C=O) groups is 1. The molecular weight excluding hydrogens is 326 g/mol. The number of nitrogens with one attached hydrogen (secondary N) is 1. The van der Waals surface area contributed by atoms with Crippen LogP contribution in [-0.2, 0) is 9.84 Å². The summed E-state index contributed by atoms with van der Waals surface area (Å²) in [6, 6.07) is 8.12. The highest BCUT2D eigenvalue weighted by atomic mass is 32.2. The minimum Gasteiger partial charge on any atom is -0.337 e. The Labute approximate surface area is 145 Å². The van der Waals surface area contributed by atoms with Crippen molar-refractivity contribution < 1.29 is 13.2 Å². The molecule has 0 radical (unpaired) electrons. The van der Waals surface area contributed by atoms with Gasteiger partial charge < -0.3 is 15.1 Å². The van der Waals surface area contributed by atoms with Gasteiger partial charge in [-0.1, -0.05) is 32.0 Å². The molecule has 0 aliphatic heterocycles. The minimum atomic E-state index is -3.37. The van der Waals surface area contributed by atoms with Crippen LogP contribution in [0.3, 0.4) is 0 Å². The van der Waals surface area contributed by atoms with Gasteiger partial charge >= 0.3 is 6.03 Å². The van der Waals surface area contributed by atoms with Crippen LogP contribution in [0.2, 0.25) is 0 Å². The lowest BCUT2D eigenvalue weighted by Gasteiger charge is -2.23. The first kappa shape index (κ1) is 20.4. The number of likely N-dealkylation sites (N-methyl/N-ethyl adjacent to an activating group) is 1. The number of rotatable bonds is 10. The molecule has 7 heteroatoms. The van der Waals surface area contributed by atoms with E-state index in [1.165, 1.54) is 4.90 Å². The van der Waals surface area contributed by atoms with Gasteiger partial charge in [0.15, 0.2) is 9.84 Å². The molecule has 0 saturated heterocycles. The van der Waals surface area contributed by atoms with Gasteiger partial charge in [-0.25, -0.2) is 13.2 Å². The Hall–Kier alpha value is -1.60. The molecule has 24 heavy (non-hydrogen) atoms. The molecule has 0 fully saturated rings. The molecule has 0 heterocycles. The minimum absolute atomic E-state index is 0.0751. The zero-order valence-electron chi connectivity index (χ0n) is 14.9. The molecule has 0 aliphatic rings. The van der Waals surface area contributed by atoms with E-state index in [2.05, 4.69) is 24.1 Å². The second-order valence-electron chi connectivity index (χ2n) is 5.47. The number of hydrogen-bond donors (Lipinski definition) is 1. The molecule has 0 atom stereocenters. The zero-order valence-corrected chi connectivity index (χ0v) is 15.7. The number of nitrogens with zero attached hydrogens (tertiary/aromatic N) is 2. The van der Waals surface area contributed by atoms with Crippen LogP contribution in [0.4, 0.5) is 4.79 Å². The summed E-state index contributed by atoms with van der Waals surface area (Å²) < 4.78 is 24.6. The van der Waals surface area contributed by atoms with Gasteiger partial charge in [0.25, 0.3) is 0 Å². The molecule has 0 aromatic heterocycles. The van der Waals surface area contributed by atoms with E-state index in [0.717, 1.165) is 19.6 Å². The molecule has 136 valence electrons. The Balaban J connectivity index is 2.50. The molecule has 1 N–H and O–H groups in total. The average Bonchev–Trinajstić information content (AvgIpc) is 2.60. The maximum Gasteiger partial charge on any atom is 0.317 e. The van der Waals surface area contributed by atoms with E-state index in [4.69, 9.17) is 0 Å². The van der Waals surface area contributed by atoms with Gasteiger partial charge in [-0.3, -0.25) is 0 Å². The van der Waals surface area contributed by atoms with Crippen molar-refractivity contribution in [2.45, 2.75) is 25.7 Å². The van der Waals surface area contributed by atoms with Crippen molar-refractivity contribution in [2.24, 2.45) is 0 Å². The van der Waals surface area contributed by atoms with Crippen LogP contribution in [0.1, 0.15) is 20.8 Å². The smallest absolute Gasteiger partial charge is 0.317 e. The molecule has 1 aromatic carbocycles. The highest BCUT2D eigenvalue weighted by Crippen LogP contribution is 2.10. The molecule has 0 bridgehead atoms. The normalized spacial score (nSPS) is 11.5. The largest absolute Gasteiger partial charge is 0.337 e. The lowest BCUT2D eigenvalue weighted by Crippen LogP contribution is -2.44. The van der Waals surface area contributed by atoms with Crippen molar-refractivity contribution in [1.29, 1.82) is 0 Å². The van der Waals surface area contributed by atoms with Crippen molar-refractivity contribution in [2.75, 3.05) is 45.0 Å². The fourth-order valence-corrected chi connectivity index (χ4v) is 3.62. The first-order valence-electron chi connectivity index (χ1n) is 8.47. The van der Waals surface area contributed by atoms with Crippen LogP contribution in [0.15, 0.2) is 35.2 Å². The third-order valence-electron chi connectivity index (χ3n) is 4.00. The van der Waals surface area contributed by atoms with Gasteiger partial charge in [0.05, 0.1) is 10.6 Å². The Morgan fingerprint density at radius 1 is 1.00 bits per heavy atom. The summed E-state index contributed by atoms with van der Waals surface area (Å²) >= 11 is 0. The highest BCUT2D eigenvalue weighted by molar-refractivity contribution is 7.91. The Morgan fingerprint density at radius 3 is 2.17 bits per heavy atom. The average molecular weight is 356 g/mol.